The maximum Gasteiger partial charge on any atom is 0.416 e. The zero-order valence-corrected chi connectivity index (χ0v) is 19.9. The van der Waals surface area contributed by atoms with Gasteiger partial charge in [-0.25, -0.2) is 15.0 Å². The average Bonchev–Trinajstić information content (AvgIpc) is 3.33. The molecule has 2 aromatic heterocycles. The van der Waals surface area contributed by atoms with Gasteiger partial charge in [-0.15, -0.1) is 0 Å². The lowest BCUT2D eigenvalue weighted by Crippen LogP contribution is -2.29. The zero-order valence-electron chi connectivity index (χ0n) is 19.9. The molecule has 0 saturated carbocycles. The van der Waals surface area contributed by atoms with Crippen molar-refractivity contribution in [3.63, 3.8) is 0 Å². The molecule has 0 atom stereocenters. The van der Waals surface area contributed by atoms with Crippen LogP contribution in [0, 0.1) is 6.92 Å². The van der Waals surface area contributed by atoms with E-state index in [-0.39, 0.29) is 23.7 Å². The third kappa shape index (κ3) is 4.80. The lowest BCUT2D eigenvalue weighted by atomic mass is 10.1. The van der Waals surface area contributed by atoms with Crippen LogP contribution in [0.1, 0.15) is 27.0 Å². The highest BCUT2D eigenvalue weighted by Gasteiger charge is 2.34. The van der Waals surface area contributed by atoms with Crippen LogP contribution in [0.3, 0.4) is 0 Å². The Kier molecular flexibility index (Phi) is 6.20. The molecule has 0 radical (unpaired) electrons. The minimum Gasteiger partial charge on any atom is -0.438 e. The predicted molar refractivity (Wildman–Crippen MR) is 131 cm³/mol. The number of hydrogen-bond acceptors (Lipinski definition) is 7. The van der Waals surface area contributed by atoms with Gasteiger partial charge in [0, 0.05) is 31.0 Å². The molecule has 1 N–H and O–H groups in total. The average molecular weight is 506 g/mol. The summed E-state index contributed by atoms with van der Waals surface area (Å²) >= 11 is 0. The van der Waals surface area contributed by atoms with Gasteiger partial charge in [0.05, 0.1) is 11.1 Å². The van der Waals surface area contributed by atoms with Crippen LogP contribution in [0.2, 0.25) is 0 Å². The lowest BCUT2D eigenvalue weighted by molar-refractivity contribution is -0.137. The van der Waals surface area contributed by atoms with Crippen LogP contribution in [0.4, 0.5) is 24.8 Å². The van der Waals surface area contributed by atoms with Crippen molar-refractivity contribution in [2.45, 2.75) is 19.5 Å². The van der Waals surface area contributed by atoms with Crippen LogP contribution < -0.4 is 15.0 Å². The molecule has 11 heteroatoms. The second-order valence-electron chi connectivity index (χ2n) is 8.37. The second kappa shape index (κ2) is 9.49. The van der Waals surface area contributed by atoms with Crippen molar-refractivity contribution in [2.24, 2.45) is 0 Å². The van der Waals surface area contributed by atoms with E-state index in [1.54, 1.807) is 43.6 Å². The van der Waals surface area contributed by atoms with Crippen LogP contribution in [0.5, 0.6) is 11.6 Å². The van der Waals surface area contributed by atoms with E-state index >= 15 is 0 Å². The summed E-state index contributed by atoms with van der Waals surface area (Å²) in [5.41, 5.74) is 1.71. The van der Waals surface area contributed by atoms with Gasteiger partial charge in [-0.3, -0.25) is 4.79 Å². The van der Waals surface area contributed by atoms with Crippen LogP contribution >= 0.6 is 0 Å². The third-order valence-corrected chi connectivity index (χ3v) is 6.00. The number of anilines is 2. The molecule has 4 aromatic rings. The number of pyridine rings is 1. The van der Waals surface area contributed by atoms with Crippen molar-refractivity contribution in [3.05, 3.63) is 83.3 Å². The standard InChI is InChI=1S/C26H21F3N6O2/c1-15-5-6-17(24(36)35-11-9-16-7-8-18(13-20(16)35)26(27,28)29)12-21(15)37-23-19(4-3-10-31-23)22-32-14-33-25(30-2)34-22/h3-8,10,12-14H,9,11H2,1-2H3,(H,30,32,33,34). The first-order chi connectivity index (χ1) is 17.7. The Balaban J connectivity index is 1.46. The van der Waals surface area contributed by atoms with Gasteiger partial charge in [-0.1, -0.05) is 12.1 Å². The molecule has 1 amide bonds. The molecule has 188 valence electrons. The Morgan fingerprint density at radius 2 is 1.92 bits per heavy atom. The van der Waals surface area contributed by atoms with Crippen molar-refractivity contribution in [2.75, 3.05) is 23.8 Å². The Hall–Kier alpha value is -4.54. The summed E-state index contributed by atoms with van der Waals surface area (Å²) in [6.45, 7) is 2.10. The Morgan fingerprint density at radius 3 is 2.70 bits per heavy atom. The fourth-order valence-electron chi connectivity index (χ4n) is 4.06. The van der Waals surface area contributed by atoms with Crippen molar-refractivity contribution in [3.8, 4) is 23.0 Å². The van der Waals surface area contributed by atoms with E-state index in [9.17, 15) is 18.0 Å². The van der Waals surface area contributed by atoms with E-state index in [2.05, 4.69) is 25.3 Å². The Morgan fingerprint density at radius 1 is 1.08 bits per heavy atom. The summed E-state index contributed by atoms with van der Waals surface area (Å²) in [6.07, 6.45) is -1.09. The van der Waals surface area contributed by atoms with E-state index < -0.39 is 17.6 Å². The third-order valence-electron chi connectivity index (χ3n) is 6.00. The summed E-state index contributed by atoms with van der Waals surface area (Å²) < 4.78 is 45.9. The van der Waals surface area contributed by atoms with Gasteiger partial charge >= 0.3 is 6.18 Å². The molecule has 1 aliphatic heterocycles. The molecular formula is C26H21F3N6O2. The molecule has 0 bridgehead atoms. The topological polar surface area (TPSA) is 93.1 Å². The number of halogens is 3. The second-order valence-corrected chi connectivity index (χ2v) is 8.37. The number of aryl methyl sites for hydroxylation is 1. The molecule has 8 nitrogen and oxygen atoms in total. The SMILES string of the molecule is CNc1ncnc(-c2cccnc2Oc2cc(C(=O)N3CCc4ccc(C(F)(F)F)cc43)ccc2C)n1. The smallest absolute Gasteiger partial charge is 0.416 e. The Bertz CT molecular complexity index is 1490. The summed E-state index contributed by atoms with van der Waals surface area (Å²) in [6, 6.07) is 11.9. The largest absolute Gasteiger partial charge is 0.438 e. The number of nitrogens with one attached hydrogen (secondary N) is 1. The van der Waals surface area contributed by atoms with Gasteiger partial charge in [0.2, 0.25) is 11.8 Å². The number of hydrogen-bond donors (Lipinski definition) is 1. The minimum absolute atomic E-state index is 0.227. The number of nitrogens with zero attached hydrogens (tertiary/aromatic N) is 5. The lowest BCUT2D eigenvalue weighted by Gasteiger charge is -2.19. The number of ether oxygens (including phenoxy) is 1. The van der Waals surface area contributed by atoms with Gasteiger partial charge < -0.3 is 15.0 Å². The number of fused-ring (bicyclic) bond motifs is 1. The van der Waals surface area contributed by atoms with Crippen LogP contribution in [-0.4, -0.2) is 39.4 Å². The van der Waals surface area contributed by atoms with Crippen LogP contribution in [-0.2, 0) is 12.6 Å². The molecule has 37 heavy (non-hydrogen) atoms. The molecule has 0 unspecified atom stereocenters. The number of carbonyl (C=O) groups is 1. The highest BCUT2D eigenvalue weighted by Crippen LogP contribution is 2.37. The maximum atomic E-state index is 13.4. The van der Waals surface area contributed by atoms with Gasteiger partial charge in [0.1, 0.15) is 12.1 Å². The molecule has 3 heterocycles. The quantitative estimate of drug-likeness (QED) is 0.393. The van der Waals surface area contributed by atoms with E-state index in [1.165, 1.54) is 17.3 Å². The fraction of sp³-hybridized carbons (Fsp3) is 0.192. The van der Waals surface area contributed by atoms with E-state index in [0.717, 1.165) is 17.7 Å². The number of rotatable bonds is 5. The van der Waals surface area contributed by atoms with Crippen molar-refractivity contribution < 1.29 is 22.7 Å². The summed E-state index contributed by atoms with van der Waals surface area (Å²) in [4.78, 5) is 31.6. The molecule has 1 aliphatic rings. The first-order valence-corrected chi connectivity index (χ1v) is 11.4. The number of alkyl halides is 3. The monoisotopic (exact) mass is 506 g/mol. The predicted octanol–water partition coefficient (Wildman–Crippen LogP) is 5.30. The van der Waals surface area contributed by atoms with Gasteiger partial charge in [-0.05, 0) is 60.9 Å². The van der Waals surface area contributed by atoms with E-state index in [0.29, 0.717) is 35.1 Å². The Labute approximate surface area is 210 Å². The van der Waals surface area contributed by atoms with Crippen molar-refractivity contribution >= 4 is 17.5 Å². The minimum atomic E-state index is -4.50. The van der Waals surface area contributed by atoms with E-state index in [1.807, 2.05) is 6.92 Å². The normalized spacial score (nSPS) is 12.8. The van der Waals surface area contributed by atoms with Crippen molar-refractivity contribution in [1.29, 1.82) is 0 Å². The maximum absolute atomic E-state index is 13.4. The first kappa shape index (κ1) is 24.2. The highest BCUT2D eigenvalue weighted by molar-refractivity contribution is 6.07. The van der Waals surface area contributed by atoms with Crippen LogP contribution in [0.25, 0.3) is 11.4 Å². The first-order valence-electron chi connectivity index (χ1n) is 11.4. The molecule has 0 fully saturated rings. The number of benzene rings is 2. The van der Waals surface area contributed by atoms with Crippen LogP contribution in [0.15, 0.2) is 61.1 Å². The fourth-order valence-corrected chi connectivity index (χ4v) is 4.06. The van der Waals surface area contributed by atoms with Crippen molar-refractivity contribution in [1.82, 2.24) is 19.9 Å². The molecular weight excluding hydrogens is 485 g/mol. The molecule has 0 aliphatic carbocycles. The number of amides is 1. The highest BCUT2D eigenvalue weighted by atomic mass is 19.4. The zero-order chi connectivity index (χ0) is 26.2. The van der Waals surface area contributed by atoms with E-state index in [4.69, 9.17) is 4.74 Å². The molecule has 0 spiro atoms. The number of carbonyl (C=O) groups excluding carboxylic acids is 1. The molecule has 0 saturated heterocycles. The summed E-state index contributed by atoms with van der Waals surface area (Å²) in [5, 5.41) is 2.85. The van der Waals surface area contributed by atoms with Gasteiger partial charge in [-0.2, -0.15) is 18.2 Å². The summed E-state index contributed by atoms with van der Waals surface area (Å²) in [5.74, 6) is 0.909. The molecule has 2 aromatic carbocycles. The van der Waals surface area contributed by atoms with Gasteiger partial charge in [0.25, 0.3) is 5.91 Å². The summed E-state index contributed by atoms with van der Waals surface area (Å²) in [7, 11) is 1.69. The molecule has 5 rings (SSSR count). The van der Waals surface area contributed by atoms with Gasteiger partial charge in [0.15, 0.2) is 5.82 Å². The number of aromatic nitrogens is 4.